The van der Waals surface area contributed by atoms with Crippen LogP contribution in [0.15, 0.2) is 24.3 Å². The Labute approximate surface area is 102 Å². The molecule has 0 bridgehead atoms. The van der Waals surface area contributed by atoms with Crippen LogP contribution in [0.1, 0.15) is 11.1 Å². The molecule has 1 aromatic carbocycles. The lowest BCUT2D eigenvalue weighted by Crippen LogP contribution is -2.45. The molecule has 1 saturated heterocycles. The van der Waals surface area contributed by atoms with Gasteiger partial charge in [0.05, 0.1) is 19.8 Å². The normalized spacial score (nSPS) is 17.2. The molecule has 4 heteroatoms. The van der Waals surface area contributed by atoms with Gasteiger partial charge in [0, 0.05) is 26.7 Å². The average molecular weight is 236 g/mol. The van der Waals surface area contributed by atoms with Crippen molar-refractivity contribution >= 4 is 0 Å². The summed E-state index contributed by atoms with van der Waals surface area (Å²) in [5.41, 5.74) is 5.91. The average Bonchev–Trinajstić information content (AvgIpc) is 2.40. The van der Waals surface area contributed by atoms with Crippen molar-refractivity contribution < 1.29 is 9.47 Å². The molecule has 4 nitrogen and oxygen atoms in total. The summed E-state index contributed by atoms with van der Waals surface area (Å²) < 4.78 is 10.4. The molecule has 2 rings (SSSR count). The molecule has 0 unspecified atom stereocenters. The van der Waals surface area contributed by atoms with Crippen LogP contribution in [0, 0.1) is 0 Å². The van der Waals surface area contributed by atoms with Crippen LogP contribution in [0.5, 0.6) is 0 Å². The summed E-state index contributed by atoms with van der Waals surface area (Å²) >= 11 is 0. The van der Waals surface area contributed by atoms with Crippen molar-refractivity contribution in [3.63, 3.8) is 0 Å². The van der Waals surface area contributed by atoms with E-state index in [1.165, 1.54) is 11.1 Å². The highest BCUT2D eigenvalue weighted by Crippen LogP contribution is 2.05. The zero-order valence-corrected chi connectivity index (χ0v) is 10.3. The summed E-state index contributed by atoms with van der Waals surface area (Å²) in [7, 11) is 1.72. The second-order valence-corrected chi connectivity index (χ2v) is 4.18. The minimum absolute atomic E-state index is 0.678. The fraction of sp³-hybridized carbons (Fsp3) is 0.538. The number of ether oxygens (including phenoxy) is 2. The van der Waals surface area contributed by atoms with Crippen molar-refractivity contribution in [3.8, 4) is 0 Å². The first kappa shape index (κ1) is 12.5. The van der Waals surface area contributed by atoms with Crippen LogP contribution >= 0.6 is 0 Å². The maximum atomic E-state index is 5.30. The zero-order chi connectivity index (χ0) is 11.9. The van der Waals surface area contributed by atoms with E-state index in [1.54, 1.807) is 7.11 Å². The van der Waals surface area contributed by atoms with Gasteiger partial charge in [-0.3, -0.25) is 5.43 Å². The Morgan fingerprint density at radius 2 is 1.82 bits per heavy atom. The summed E-state index contributed by atoms with van der Waals surface area (Å²) in [5, 5.41) is 2.21. The van der Waals surface area contributed by atoms with Gasteiger partial charge in [-0.2, -0.15) is 0 Å². The summed E-state index contributed by atoms with van der Waals surface area (Å²) in [6, 6.07) is 8.50. The summed E-state index contributed by atoms with van der Waals surface area (Å²) in [6.07, 6.45) is 0. The molecular weight excluding hydrogens is 216 g/mol. The van der Waals surface area contributed by atoms with E-state index in [0.717, 1.165) is 32.8 Å². The van der Waals surface area contributed by atoms with Gasteiger partial charge in [-0.25, -0.2) is 5.01 Å². The van der Waals surface area contributed by atoms with Crippen LogP contribution in [-0.2, 0) is 22.6 Å². The third-order valence-electron chi connectivity index (χ3n) is 2.85. The van der Waals surface area contributed by atoms with Gasteiger partial charge in [0.15, 0.2) is 0 Å². The predicted molar refractivity (Wildman–Crippen MR) is 66.4 cm³/mol. The van der Waals surface area contributed by atoms with Gasteiger partial charge in [-0.15, -0.1) is 0 Å². The Kier molecular flexibility index (Phi) is 4.94. The van der Waals surface area contributed by atoms with Gasteiger partial charge in [0.2, 0.25) is 0 Å². The molecule has 1 fully saturated rings. The Hall–Kier alpha value is -0.940. The van der Waals surface area contributed by atoms with E-state index in [1.807, 2.05) is 0 Å². The monoisotopic (exact) mass is 236 g/mol. The molecule has 1 aromatic rings. The zero-order valence-electron chi connectivity index (χ0n) is 10.3. The molecule has 1 N–H and O–H groups in total. The first-order chi connectivity index (χ1) is 8.38. The third-order valence-corrected chi connectivity index (χ3v) is 2.85. The molecule has 0 atom stereocenters. The van der Waals surface area contributed by atoms with Crippen LogP contribution in [0.4, 0.5) is 0 Å². The van der Waals surface area contributed by atoms with Gasteiger partial charge in [-0.1, -0.05) is 24.3 Å². The molecule has 0 radical (unpaired) electrons. The number of nitrogens with zero attached hydrogens (tertiary/aromatic N) is 1. The molecule has 94 valence electrons. The number of nitrogens with one attached hydrogen (secondary N) is 1. The molecule has 1 aliphatic rings. The van der Waals surface area contributed by atoms with Gasteiger partial charge in [0.25, 0.3) is 0 Å². The van der Waals surface area contributed by atoms with Crippen molar-refractivity contribution in [3.05, 3.63) is 35.4 Å². The van der Waals surface area contributed by atoms with E-state index in [0.29, 0.717) is 6.61 Å². The molecule has 0 amide bonds. The van der Waals surface area contributed by atoms with Gasteiger partial charge >= 0.3 is 0 Å². The number of hydrogen-bond acceptors (Lipinski definition) is 4. The molecule has 0 aliphatic carbocycles. The number of rotatable bonds is 5. The van der Waals surface area contributed by atoms with Crippen molar-refractivity contribution in [2.75, 3.05) is 33.4 Å². The lowest BCUT2D eigenvalue weighted by molar-refractivity contribution is 0.0106. The Bertz CT molecular complexity index is 321. The number of hydrazine groups is 1. The van der Waals surface area contributed by atoms with Gasteiger partial charge in [-0.05, 0) is 11.1 Å². The van der Waals surface area contributed by atoms with Crippen molar-refractivity contribution in [2.45, 2.75) is 13.2 Å². The van der Waals surface area contributed by atoms with Gasteiger partial charge < -0.3 is 9.47 Å². The van der Waals surface area contributed by atoms with E-state index < -0.39 is 0 Å². The van der Waals surface area contributed by atoms with Crippen LogP contribution in [0.2, 0.25) is 0 Å². The third kappa shape index (κ3) is 4.09. The highest BCUT2D eigenvalue weighted by Gasteiger charge is 2.08. The maximum Gasteiger partial charge on any atom is 0.0713 e. The largest absolute Gasteiger partial charge is 0.380 e. The van der Waals surface area contributed by atoms with Crippen molar-refractivity contribution in [1.82, 2.24) is 10.4 Å². The van der Waals surface area contributed by atoms with E-state index >= 15 is 0 Å². The molecular formula is C13H20N2O2. The highest BCUT2D eigenvalue weighted by molar-refractivity contribution is 5.21. The minimum Gasteiger partial charge on any atom is -0.380 e. The van der Waals surface area contributed by atoms with Crippen molar-refractivity contribution in [2.24, 2.45) is 0 Å². The lowest BCUT2D eigenvalue weighted by atomic mass is 10.1. The second-order valence-electron chi connectivity index (χ2n) is 4.18. The summed E-state index contributed by atoms with van der Waals surface area (Å²) in [5.74, 6) is 0. The molecule has 1 aliphatic heterocycles. The number of morpholine rings is 1. The first-order valence-corrected chi connectivity index (χ1v) is 6.01. The maximum absolute atomic E-state index is 5.30. The predicted octanol–water partition coefficient (Wildman–Crippen LogP) is 1.17. The summed E-state index contributed by atoms with van der Waals surface area (Å²) in [4.78, 5) is 0. The van der Waals surface area contributed by atoms with Gasteiger partial charge in [0.1, 0.15) is 0 Å². The molecule has 0 saturated carbocycles. The van der Waals surface area contributed by atoms with Crippen LogP contribution in [0.25, 0.3) is 0 Å². The van der Waals surface area contributed by atoms with E-state index in [2.05, 4.69) is 34.7 Å². The smallest absolute Gasteiger partial charge is 0.0713 e. The number of benzene rings is 1. The molecule has 0 spiro atoms. The molecule has 0 aromatic heterocycles. The van der Waals surface area contributed by atoms with E-state index in [9.17, 15) is 0 Å². The SMILES string of the molecule is COCc1ccc(CNN2CCOCC2)cc1. The van der Waals surface area contributed by atoms with Crippen LogP contribution in [0.3, 0.4) is 0 Å². The first-order valence-electron chi connectivity index (χ1n) is 6.01. The number of hydrogen-bond donors (Lipinski definition) is 1. The minimum atomic E-state index is 0.678. The molecule has 17 heavy (non-hydrogen) atoms. The summed E-state index contributed by atoms with van der Waals surface area (Å²) in [6.45, 7) is 5.10. The van der Waals surface area contributed by atoms with Crippen LogP contribution in [-0.4, -0.2) is 38.4 Å². The highest BCUT2D eigenvalue weighted by atomic mass is 16.5. The standard InChI is InChI=1S/C13H20N2O2/c1-16-11-13-4-2-12(3-5-13)10-14-15-6-8-17-9-7-15/h2-5,14H,6-11H2,1H3. The Balaban J connectivity index is 1.77. The second kappa shape index (κ2) is 6.71. The topological polar surface area (TPSA) is 33.7 Å². The van der Waals surface area contributed by atoms with E-state index in [4.69, 9.17) is 9.47 Å². The van der Waals surface area contributed by atoms with E-state index in [-0.39, 0.29) is 0 Å². The Morgan fingerprint density at radius 3 is 2.47 bits per heavy atom. The molecule has 1 heterocycles. The number of methoxy groups -OCH3 is 1. The fourth-order valence-electron chi connectivity index (χ4n) is 1.84. The quantitative estimate of drug-likeness (QED) is 0.832. The lowest BCUT2D eigenvalue weighted by Gasteiger charge is -2.27. The van der Waals surface area contributed by atoms with Crippen LogP contribution < -0.4 is 5.43 Å². The van der Waals surface area contributed by atoms with Crippen molar-refractivity contribution in [1.29, 1.82) is 0 Å². The Morgan fingerprint density at radius 1 is 1.18 bits per heavy atom. The fourth-order valence-corrected chi connectivity index (χ4v) is 1.84.